The lowest BCUT2D eigenvalue weighted by Crippen LogP contribution is -2.00. The summed E-state index contributed by atoms with van der Waals surface area (Å²) in [5.74, 6) is 1.97. The molecule has 0 aliphatic carbocycles. The summed E-state index contributed by atoms with van der Waals surface area (Å²) in [7, 11) is 1.58. The van der Waals surface area contributed by atoms with Crippen LogP contribution in [0.1, 0.15) is 24.2 Å². The maximum absolute atomic E-state index is 9.88. The summed E-state index contributed by atoms with van der Waals surface area (Å²) in [5, 5.41) is 9.88. The van der Waals surface area contributed by atoms with Gasteiger partial charge in [0.2, 0.25) is 0 Å². The molecule has 0 bridgehead atoms. The van der Waals surface area contributed by atoms with E-state index >= 15 is 0 Å². The molecule has 0 aliphatic rings. The monoisotopic (exact) mass is 258 g/mol. The second-order valence-corrected chi connectivity index (χ2v) is 4.46. The molecule has 0 saturated heterocycles. The van der Waals surface area contributed by atoms with E-state index in [0.29, 0.717) is 17.1 Å². The van der Waals surface area contributed by atoms with E-state index in [1.807, 2.05) is 49.4 Å². The third-order valence-electron chi connectivity index (χ3n) is 2.91. The van der Waals surface area contributed by atoms with Gasteiger partial charge in [0, 0.05) is 0 Å². The number of benzene rings is 2. The third-order valence-corrected chi connectivity index (χ3v) is 2.91. The molecule has 0 fully saturated rings. The number of hydrogen-bond acceptors (Lipinski definition) is 3. The van der Waals surface area contributed by atoms with E-state index in [1.165, 1.54) is 5.56 Å². The standard InChI is InChI=1S/C16H18O3/c1-11-7-9-13(10-8-11)19-15-6-4-5-14(18-3)16(15)12(2)17/h4-10,12,17H,1-3H3/t12-/m1/s1. The Hall–Kier alpha value is -2.00. The van der Waals surface area contributed by atoms with E-state index in [-0.39, 0.29) is 0 Å². The number of aliphatic hydroxyl groups excluding tert-OH is 1. The van der Waals surface area contributed by atoms with Crippen molar-refractivity contribution in [3.05, 3.63) is 53.6 Å². The highest BCUT2D eigenvalue weighted by Gasteiger charge is 2.15. The van der Waals surface area contributed by atoms with Gasteiger partial charge >= 0.3 is 0 Å². The minimum absolute atomic E-state index is 0.609. The first-order chi connectivity index (χ1) is 9.11. The van der Waals surface area contributed by atoms with Gasteiger partial charge < -0.3 is 14.6 Å². The van der Waals surface area contributed by atoms with E-state index in [2.05, 4.69) is 0 Å². The number of aliphatic hydroxyl groups is 1. The van der Waals surface area contributed by atoms with Gasteiger partial charge in [-0.2, -0.15) is 0 Å². The molecule has 2 rings (SSSR count). The Balaban J connectivity index is 2.36. The Bertz CT molecular complexity index is 544. The van der Waals surface area contributed by atoms with E-state index in [1.54, 1.807) is 14.0 Å². The van der Waals surface area contributed by atoms with Gasteiger partial charge in [0.25, 0.3) is 0 Å². The Labute approximate surface area is 113 Å². The number of aryl methyl sites for hydroxylation is 1. The Morgan fingerprint density at radius 3 is 2.21 bits per heavy atom. The topological polar surface area (TPSA) is 38.7 Å². The fourth-order valence-electron chi connectivity index (χ4n) is 1.94. The largest absolute Gasteiger partial charge is 0.496 e. The zero-order valence-electron chi connectivity index (χ0n) is 11.4. The molecular weight excluding hydrogens is 240 g/mol. The molecule has 0 saturated carbocycles. The smallest absolute Gasteiger partial charge is 0.136 e. The van der Waals surface area contributed by atoms with Crippen molar-refractivity contribution in [1.29, 1.82) is 0 Å². The van der Waals surface area contributed by atoms with Crippen molar-refractivity contribution in [2.75, 3.05) is 7.11 Å². The average Bonchev–Trinajstić information content (AvgIpc) is 2.40. The fraction of sp³-hybridized carbons (Fsp3) is 0.250. The van der Waals surface area contributed by atoms with Crippen LogP contribution in [-0.4, -0.2) is 12.2 Å². The van der Waals surface area contributed by atoms with Crippen molar-refractivity contribution in [2.24, 2.45) is 0 Å². The van der Waals surface area contributed by atoms with Gasteiger partial charge in [-0.3, -0.25) is 0 Å². The molecule has 1 N–H and O–H groups in total. The van der Waals surface area contributed by atoms with Gasteiger partial charge in [0.15, 0.2) is 0 Å². The molecule has 3 nitrogen and oxygen atoms in total. The zero-order chi connectivity index (χ0) is 13.8. The quantitative estimate of drug-likeness (QED) is 0.905. The van der Waals surface area contributed by atoms with Gasteiger partial charge in [0.05, 0.1) is 18.8 Å². The first kappa shape index (κ1) is 13.4. The van der Waals surface area contributed by atoms with Crippen molar-refractivity contribution >= 4 is 0 Å². The summed E-state index contributed by atoms with van der Waals surface area (Å²) < 4.78 is 11.1. The van der Waals surface area contributed by atoms with Crippen molar-refractivity contribution in [3.63, 3.8) is 0 Å². The molecule has 0 amide bonds. The minimum atomic E-state index is -0.656. The molecule has 0 unspecified atom stereocenters. The van der Waals surface area contributed by atoms with E-state index in [4.69, 9.17) is 9.47 Å². The molecule has 0 aliphatic heterocycles. The van der Waals surface area contributed by atoms with Crippen LogP contribution in [0.2, 0.25) is 0 Å². The van der Waals surface area contributed by atoms with Gasteiger partial charge in [-0.05, 0) is 38.1 Å². The molecule has 0 radical (unpaired) electrons. The minimum Gasteiger partial charge on any atom is -0.496 e. The lowest BCUT2D eigenvalue weighted by molar-refractivity contribution is 0.190. The summed E-state index contributed by atoms with van der Waals surface area (Å²) in [6.07, 6.45) is -0.656. The maximum atomic E-state index is 9.88. The molecule has 0 aromatic heterocycles. The third kappa shape index (κ3) is 3.06. The van der Waals surface area contributed by atoms with Crippen LogP contribution in [0.5, 0.6) is 17.2 Å². The molecular formula is C16H18O3. The lowest BCUT2D eigenvalue weighted by atomic mass is 10.1. The molecule has 0 heterocycles. The molecule has 2 aromatic rings. The Morgan fingerprint density at radius 1 is 1.00 bits per heavy atom. The summed E-state index contributed by atoms with van der Waals surface area (Å²) in [5.41, 5.74) is 1.83. The lowest BCUT2D eigenvalue weighted by Gasteiger charge is -2.16. The van der Waals surface area contributed by atoms with E-state index in [9.17, 15) is 5.11 Å². The Kier molecular flexibility index (Phi) is 4.07. The van der Waals surface area contributed by atoms with Gasteiger partial charge in [-0.25, -0.2) is 0 Å². The van der Waals surface area contributed by atoms with E-state index < -0.39 is 6.10 Å². The van der Waals surface area contributed by atoms with Crippen LogP contribution in [0.15, 0.2) is 42.5 Å². The first-order valence-electron chi connectivity index (χ1n) is 6.21. The van der Waals surface area contributed by atoms with Crippen LogP contribution < -0.4 is 9.47 Å². The number of hydrogen-bond donors (Lipinski definition) is 1. The van der Waals surface area contributed by atoms with Crippen molar-refractivity contribution in [3.8, 4) is 17.2 Å². The van der Waals surface area contributed by atoms with Crippen LogP contribution in [-0.2, 0) is 0 Å². The highest BCUT2D eigenvalue weighted by molar-refractivity contribution is 5.48. The van der Waals surface area contributed by atoms with Crippen molar-refractivity contribution < 1.29 is 14.6 Å². The molecule has 2 aromatic carbocycles. The summed E-state index contributed by atoms with van der Waals surface area (Å²) >= 11 is 0. The second kappa shape index (κ2) is 5.76. The van der Waals surface area contributed by atoms with Crippen molar-refractivity contribution in [2.45, 2.75) is 20.0 Å². The van der Waals surface area contributed by atoms with Gasteiger partial charge in [-0.1, -0.05) is 23.8 Å². The molecule has 0 spiro atoms. The highest BCUT2D eigenvalue weighted by Crippen LogP contribution is 2.36. The molecule has 3 heteroatoms. The zero-order valence-corrected chi connectivity index (χ0v) is 11.4. The van der Waals surface area contributed by atoms with Crippen LogP contribution in [0, 0.1) is 6.92 Å². The fourth-order valence-corrected chi connectivity index (χ4v) is 1.94. The maximum Gasteiger partial charge on any atom is 0.136 e. The predicted octanol–water partition coefficient (Wildman–Crippen LogP) is 3.85. The first-order valence-corrected chi connectivity index (χ1v) is 6.21. The summed E-state index contributed by atoms with van der Waals surface area (Å²) in [6, 6.07) is 13.2. The average molecular weight is 258 g/mol. The van der Waals surface area contributed by atoms with Gasteiger partial charge in [-0.15, -0.1) is 0 Å². The van der Waals surface area contributed by atoms with Crippen molar-refractivity contribution in [1.82, 2.24) is 0 Å². The van der Waals surface area contributed by atoms with Gasteiger partial charge in [0.1, 0.15) is 17.2 Å². The van der Waals surface area contributed by atoms with Crippen LogP contribution in [0.4, 0.5) is 0 Å². The van der Waals surface area contributed by atoms with E-state index in [0.717, 1.165) is 5.75 Å². The number of rotatable bonds is 4. The SMILES string of the molecule is COc1cccc(Oc2ccc(C)cc2)c1[C@@H](C)O. The number of ether oxygens (including phenoxy) is 2. The predicted molar refractivity (Wildman–Crippen MR) is 74.9 cm³/mol. The second-order valence-electron chi connectivity index (χ2n) is 4.46. The van der Waals surface area contributed by atoms with Crippen LogP contribution in [0.3, 0.4) is 0 Å². The Morgan fingerprint density at radius 2 is 1.63 bits per heavy atom. The molecule has 19 heavy (non-hydrogen) atoms. The number of methoxy groups -OCH3 is 1. The summed E-state index contributed by atoms with van der Waals surface area (Å²) in [6.45, 7) is 3.72. The molecule has 1 atom stereocenters. The highest BCUT2D eigenvalue weighted by atomic mass is 16.5. The normalized spacial score (nSPS) is 12.0. The van der Waals surface area contributed by atoms with Crippen LogP contribution in [0.25, 0.3) is 0 Å². The van der Waals surface area contributed by atoms with Crippen LogP contribution >= 0.6 is 0 Å². The molecule has 100 valence electrons. The summed E-state index contributed by atoms with van der Waals surface area (Å²) in [4.78, 5) is 0.